The summed E-state index contributed by atoms with van der Waals surface area (Å²) in [5.74, 6) is -2.45. The van der Waals surface area contributed by atoms with E-state index in [1.807, 2.05) is 0 Å². The lowest BCUT2D eigenvalue weighted by atomic mass is 10.2. The van der Waals surface area contributed by atoms with Crippen LogP contribution in [-0.4, -0.2) is 21.2 Å². The molecule has 0 aromatic carbocycles. The van der Waals surface area contributed by atoms with Gasteiger partial charge in [0, 0.05) is 6.20 Å². The fourth-order valence-corrected chi connectivity index (χ4v) is 0.802. The van der Waals surface area contributed by atoms with E-state index in [4.69, 9.17) is 10.2 Å². The maximum absolute atomic E-state index is 12.1. The number of carboxylic acids is 1. The Kier molecular flexibility index (Phi) is 2.41. The molecule has 0 aliphatic heterocycles. The van der Waals surface area contributed by atoms with Crippen LogP contribution in [0.4, 0.5) is 8.78 Å². The van der Waals surface area contributed by atoms with Crippen molar-refractivity contribution in [1.29, 1.82) is 0 Å². The number of aromatic hydroxyl groups is 1. The molecule has 13 heavy (non-hydrogen) atoms. The third-order valence-electron chi connectivity index (χ3n) is 1.39. The van der Waals surface area contributed by atoms with Gasteiger partial charge >= 0.3 is 5.97 Å². The van der Waals surface area contributed by atoms with Crippen LogP contribution in [0.25, 0.3) is 0 Å². The average molecular weight is 189 g/mol. The summed E-state index contributed by atoms with van der Waals surface area (Å²) in [7, 11) is 0. The van der Waals surface area contributed by atoms with Gasteiger partial charge in [0.15, 0.2) is 5.75 Å². The second-order valence-corrected chi connectivity index (χ2v) is 2.20. The van der Waals surface area contributed by atoms with Gasteiger partial charge in [0.1, 0.15) is 11.3 Å². The molecule has 0 radical (unpaired) electrons. The predicted molar refractivity (Wildman–Crippen MR) is 37.8 cm³/mol. The van der Waals surface area contributed by atoms with E-state index in [1.165, 1.54) is 0 Å². The van der Waals surface area contributed by atoms with Gasteiger partial charge in [0.25, 0.3) is 6.43 Å². The molecule has 1 heterocycles. The van der Waals surface area contributed by atoms with E-state index in [1.54, 1.807) is 0 Å². The molecule has 2 N–H and O–H groups in total. The van der Waals surface area contributed by atoms with Crippen molar-refractivity contribution in [3.63, 3.8) is 0 Å². The minimum Gasteiger partial charge on any atom is -0.505 e. The highest BCUT2D eigenvalue weighted by Gasteiger charge is 2.20. The molecule has 0 unspecified atom stereocenters. The minimum absolute atomic E-state index is 0.578. The molecule has 0 aliphatic rings. The number of halogens is 2. The summed E-state index contributed by atoms with van der Waals surface area (Å²) in [6.07, 6.45) is -2.08. The molecular formula is C7H5F2NO3. The van der Waals surface area contributed by atoms with E-state index in [-0.39, 0.29) is 0 Å². The molecule has 1 rings (SSSR count). The van der Waals surface area contributed by atoms with Crippen LogP contribution in [-0.2, 0) is 0 Å². The highest BCUT2D eigenvalue weighted by molar-refractivity contribution is 5.90. The Labute approximate surface area is 71.5 Å². The van der Waals surface area contributed by atoms with Gasteiger partial charge in [0.2, 0.25) is 0 Å². The molecule has 0 amide bonds. The fourth-order valence-electron chi connectivity index (χ4n) is 0.802. The van der Waals surface area contributed by atoms with Crippen LogP contribution in [0.1, 0.15) is 22.5 Å². The SMILES string of the molecule is O=C(O)c1ccnc(C(F)F)c1O. The Morgan fingerprint density at radius 1 is 1.54 bits per heavy atom. The Bertz CT molecular complexity index is 341. The molecule has 0 saturated heterocycles. The standard InChI is InChI=1S/C7H5F2NO3/c8-6(9)4-5(11)3(7(12)13)1-2-10-4/h1-2,6,11H,(H,12,13). The lowest BCUT2D eigenvalue weighted by Crippen LogP contribution is -2.01. The number of alkyl halides is 2. The quantitative estimate of drug-likeness (QED) is 0.738. The zero-order chi connectivity index (χ0) is 10.0. The molecule has 0 aliphatic carbocycles. The average Bonchev–Trinajstić information content (AvgIpc) is 2.03. The van der Waals surface area contributed by atoms with E-state index in [0.717, 1.165) is 12.3 Å². The summed E-state index contributed by atoms with van der Waals surface area (Å²) < 4.78 is 24.1. The number of rotatable bonds is 2. The van der Waals surface area contributed by atoms with Gasteiger partial charge in [-0.1, -0.05) is 0 Å². The fraction of sp³-hybridized carbons (Fsp3) is 0.143. The first-order valence-electron chi connectivity index (χ1n) is 3.23. The van der Waals surface area contributed by atoms with E-state index in [2.05, 4.69) is 4.98 Å². The molecule has 1 aromatic rings. The number of nitrogens with zero attached hydrogens (tertiary/aromatic N) is 1. The normalized spacial score (nSPS) is 10.4. The largest absolute Gasteiger partial charge is 0.505 e. The predicted octanol–water partition coefficient (Wildman–Crippen LogP) is 1.42. The first-order chi connectivity index (χ1) is 6.04. The van der Waals surface area contributed by atoms with Crippen LogP contribution in [0.3, 0.4) is 0 Å². The second-order valence-electron chi connectivity index (χ2n) is 2.20. The third-order valence-corrected chi connectivity index (χ3v) is 1.39. The smallest absolute Gasteiger partial charge is 0.339 e. The van der Waals surface area contributed by atoms with E-state index in [0.29, 0.717) is 0 Å². The van der Waals surface area contributed by atoms with Gasteiger partial charge in [0.05, 0.1) is 0 Å². The van der Waals surface area contributed by atoms with Crippen molar-refractivity contribution in [1.82, 2.24) is 4.98 Å². The molecule has 70 valence electrons. The van der Waals surface area contributed by atoms with Crippen molar-refractivity contribution in [2.75, 3.05) is 0 Å². The molecule has 0 saturated carbocycles. The van der Waals surface area contributed by atoms with Gasteiger partial charge in [-0.25, -0.2) is 13.6 Å². The van der Waals surface area contributed by atoms with Crippen molar-refractivity contribution >= 4 is 5.97 Å². The van der Waals surface area contributed by atoms with Crippen LogP contribution >= 0.6 is 0 Å². The summed E-state index contributed by atoms with van der Waals surface area (Å²) in [5, 5.41) is 17.4. The molecular weight excluding hydrogens is 184 g/mol. The van der Waals surface area contributed by atoms with Crippen molar-refractivity contribution in [3.8, 4) is 5.75 Å². The topological polar surface area (TPSA) is 70.4 Å². The molecule has 4 nitrogen and oxygen atoms in total. The maximum atomic E-state index is 12.1. The van der Waals surface area contributed by atoms with E-state index >= 15 is 0 Å². The molecule has 6 heteroatoms. The Morgan fingerprint density at radius 2 is 2.15 bits per heavy atom. The number of hydrogen-bond donors (Lipinski definition) is 2. The number of hydrogen-bond acceptors (Lipinski definition) is 3. The maximum Gasteiger partial charge on any atom is 0.339 e. The zero-order valence-corrected chi connectivity index (χ0v) is 6.24. The van der Waals surface area contributed by atoms with Crippen LogP contribution in [0.15, 0.2) is 12.3 Å². The summed E-state index contributed by atoms with van der Waals surface area (Å²) in [6, 6.07) is 0.948. The second kappa shape index (κ2) is 3.34. The monoisotopic (exact) mass is 189 g/mol. The molecule has 0 bridgehead atoms. The van der Waals surface area contributed by atoms with Gasteiger partial charge in [-0.05, 0) is 6.07 Å². The van der Waals surface area contributed by atoms with E-state index < -0.39 is 29.4 Å². The van der Waals surface area contributed by atoms with Gasteiger partial charge in [-0.3, -0.25) is 4.98 Å². The van der Waals surface area contributed by atoms with Gasteiger partial charge in [-0.15, -0.1) is 0 Å². The van der Waals surface area contributed by atoms with Gasteiger partial charge < -0.3 is 10.2 Å². The number of pyridine rings is 1. The molecule has 1 aromatic heterocycles. The molecule has 0 fully saturated rings. The van der Waals surface area contributed by atoms with E-state index in [9.17, 15) is 13.6 Å². The summed E-state index contributed by atoms with van der Waals surface area (Å²) in [5.41, 5.74) is -1.50. The van der Waals surface area contributed by atoms with Crippen LogP contribution in [0.2, 0.25) is 0 Å². The Hall–Kier alpha value is -1.72. The van der Waals surface area contributed by atoms with Crippen molar-refractivity contribution in [3.05, 3.63) is 23.5 Å². The highest BCUT2D eigenvalue weighted by Crippen LogP contribution is 2.28. The van der Waals surface area contributed by atoms with Gasteiger partial charge in [-0.2, -0.15) is 0 Å². The highest BCUT2D eigenvalue weighted by atomic mass is 19.3. The summed E-state index contributed by atoms with van der Waals surface area (Å²) in [6.45, 7) is 0. The molecule has 0 atom stereocenters. The van der Waals surface area contributed by atoms with Crippen LogP contribution in [0.5, 0.6) is 5.75 Å². The summed E-state index contributed by atoms with van der Waals surface area (Å²) >= 11 is 0. The van der Waals surface area contributed by atoms with Crippen molar-refractivity contribution in [2.24, 2.45) is 0 Å². The number of aromatic nitrogens is 1. The Balaban J connectivity index is 3.26. The van der Waals surface area contributed by atoms with Crippen LogP contribution < -0.4 is 0 Å². The third kappa shape index (κ3) is 1.71. The molecule has 0 spiro atoms. The Morgan fingerprint density at radius 3 is 2.62 bits per heavy atom. The van der Waals surface area contributed by atoms with Crippen molar-refractivity contribution in [2.45, 2.75) is 6.43 Å². The van der Waals surface area contributed by atoms with Crippen molar-refractivity contribution < 1.29 is 23.8 Å². The number of carbonyl (C=O) groups is 1. The van der Waals surface area contributed by atoms with Crippen LogP contribution in [0, 0.1) is 0 Å². The lowest BCUT2D eigenvalue weighted by Gasteiger charge is -2.03. The lowest BCUT2D eigenvalue weighted by molar-refractivity contribution is 0.0692. The number of carboxylic acid groups (broad SMARTS) is 1. The first kappa shape index (κ1) is 9.37. The minimum atomic E-state index is -2.99. The summed E-state index contributed by atoms with van der Waals surface area (Å²) in [4.78, 5) is 13.5. The zero-order valence-electron chi connectivity index (χ0n) is 6.24. The first-order valence-corrected chi connectivity index (χ1v) is 3.23. The number of aromatic carboxylic acids is 1.